The Bertz CT molecular complexity index is 1010. The third-order valence-electron chi connectivity index (χ3n) is 6.58. The fraction of sp³-hybridized carbons (Fsp3) is 0.577. The number of nitrogens with one attached hydrogen (secondary N) is 1. The smallest absolute Gasteiger partial charge is 0.243 e. The molecule has 180 valence electrons. The molecule has 3 rings (SSSR count). The number of nitrogens with zero attached hydrogens (tertiary/aromatic N) is 2. The maximum atomic E-state index is 13.2. The standard InChI is InChI=1S/C26H38N4O2S/c1-15(2)20-13-18(22-17(4)28-14-33-22)10-11-19(20)16(3)29-24(31)21-9-8-12-30(21)25(32)23(27)26(5,6)7/h10-11,13-16,21,23H,8-9,12,27H2,1-7H3,(H,29,31). The van der Waals surface area contributed by atoms with Gasteiger partial charge in [0.1, 0.15) is 6.04 Å². The van der Waals surface area contributed by atoms with E-state index in [0.29, 0.717) is 18.9 Å². The van der Waals surface area contributed by atoms with Crippen molar-refractivity contribution in [2.75, 3.05) is 6.54 Å². The molecule has 0 aliphatic carbocycles. The van der Waals surface area contributed by atoms with Crippen LogP contribution in [0.3, 0.4) is 0 Å². The zero-order valence-corrected chi connectivity index (χ0v) is 21.8. The predicted octanol–water partition coefficient (Wildman–Crippen LogP) is 4.78. The first-order valence-electron chi connectivity index (χ1n) is 11.8. The Morgan fingerprint density at radius 1 is 1.21 bits per heavy atom. The number of carbonyl (C=O) groups is 2. The number of amides is 2. The minimum atomic E-state index is -0.626. The molecule has 33 heavy (non-hydrogen) atoms. The number of hydrogen-bond acceptors (Lipinski definition) is 5. The minimum absolute atomic E-state index is 0.105. The molecule has 0 radical (unpaired) electrons. The number of likely N-dealkylation sites (tertiary alicyclic amines) is 1. The maximum absolute atomic E-state index is 13.2. The molecule has 7 heteroatoms. The first-order valence-corrected chi connectivity index (χ1v) is 12.7. The molecule has 1 aliphatic heterocycles. The van der Waals surface area contributed by atoms with Crippen molar-refractivity contribution < 1.29 is 9.59 Å². The molecular weight excluding hydrogens is 432 g/mol. The third kappa shape index (κ3) is 5.46. The first-order chi connectivity index (χ1) is 15.4. The number of hydrogen-bond donors (Lipinski definition) is 2. The summed E-state index contributed by atoms with van der Waals surface area (Å²) in [6.45, 7) is 14.8. The van der Waals surface area contributed by atoms with E-state index < -0.39 is 12.1 Å². The Labute approximate surface area is 202 Å². The van der Waals surface area contributed by atoms with Crippen LogP contribution in [0.5, 0.6) is 0 Å². The molecule has 0 bridgehead atoms. The van der Waals surface area contributed by atoms with Gasteiger partial charge in [0.2, 0.25) is 11.8 Å². The molecule has 1 aromatic carbocycles. The van der Waals surface area contributed by atoms with Gasteiger partial charge < -0.3 is 16.0 Å². The third-order valence-corrected chi connectivity index (χ3v) is 7.56. The Morgan fingerprint density at radius 3 is 2.48 bits per heavy atom. The van der Waals surface area contributed by atoms with Crippen molar-refractivity contribution in [1.29, 1.82) is 0 Å². The summed E-state index contributed by atoms with van der Waals surface area (Å²) in [5.74, 6) is 0.0633. The largest absolute Gasteiger partial charge is 0.348 e. The second kappa shape index (κ2) is 9.94. The van der Waals surface area contributed by atoms with Gasteiger partial charge in [-0.25, -0.2) is 4.98 Å². The van der Waals surface area contributed by atoms with Gasteiger partial charge in [0, 0.05) is 6.54 Å². The van der Waals surface area contributed by atoms with Crippen LogP contribution < -0.4 is 11.1 Å². The summed E-state index contributed by atoms with van der Waals surface area (Å²) in [4.78, 5) is 33.5. The average molecular weight is 471 g/mol. The molecule has 3 N–H and O–H groups in total. The number of carbonyl (C=O) groups excluding carboxylic acids is 2. The number of benzene rings is 1. The van der Waals surface area contributed by atoms with Crippen LogP contribution in [0.1, 0.15) is 83.2 Å². The monoisotopic (exact) mass is 470 g/mol. The Morgan fingerprint density at radius 2 is 1.91 bits per heavy atom. The predicted molar refractivity (Wildman–Crippen MR) is 135 cm³/mol. The van der Waals surface area contributed by atoms with Crippen LogP contribution in [0, 0.1) is 12.3 Å². The van der Waals surface area contributed by atoms with E-state index in [9.17, 15) is 9.59 Å². The molecule has 3 atom stereocenters. The van der Waals surface area contributed by atoms with Crippen LogP contribution in [-0.2, 0) is 9.59 Å². The van der Waals surface area contributed by atoms with E-state index in [-0.39, 0.29) is 23.3 Å². The molecule has 2 amide bonds. The highest BCUT2D eigenvalue weighted by atomic mass is 32.1. The number of aromatic nitrogens is 1. The highest BCUT2D eigenvalue weighted by molar-refractivity contribution is 7.13. The summed E-state index contributed by atoms with van der Waals surface area (Å²) in [6.07, 6.45) is 1.48. The van der Waals surface area contributed by atoms with E-state index in [1.807, 2.05) is 40.1 Å². The summed E-state index contributed by atoms with van der Waals surface area (Å²) in [5.41, 5.74) is 12.2. The van der Waals surface area contributed by atoms with E-state index in [4.69, 9.17) is 5.73 Å². The quantitative estimate of drug-likeness (QED) is 0.636. The number of aryl methyl sites for hydroxylation is 1. The topological polar surface area (TPSA) is 88.3 Å². The fourth-order valence-electron chi connectivity index (χ4n) is 4.43. The van der Waals surface area contributed by atoms with Crippen molar-refractivity contribution in [2.45, 2.75) is 85.4 Å². The highest BCUT2D eigenvalue weighted by Gasteiger charge is 2.39. The molecule has 3 unspecified atom stereocenters. The SMILES string of the molecule is Cc1ncsc1-c1ccc(C(C)NC(=O)C2CCCN2C(=O)C(N)C(C)(C)C)c(C(C)C)c1. The van der Waals surface area contributed by atoms with Gasteiger partial charge in [0.25, 0.3) is 0 Å². The zero-order chi connectivity index (χ0) is 24.5. The Balaban J connectivity index is 1.79. The van der Waals surface area contributed by atoms with Gasteiger partial charge in [-0.1, -0.05) is 46.8 Å². The van der Waals surface area contributed by atoms with Crippen molar-refractivity contribution >= 4 is 23.2 Å². The summed E-state index contributed by atoms with van der Waals surface area (Å²) < 4.78 is 0. The van der Waals surface area contributed by atoms with E-state index in [1.165, 1.54) is 10.4 Å². The van der Waals surface area contributed by atoms with Gasteiger partial charge in [0.15, 0.2) is 0 Å². The van der Waals surface area contributed by atoms with Crippen LogP contribution in [0.4, 0.5) is 0 Å². The average Bonchev–Trinajstić information content (AvgIpc) is 3.40. The van der Waals surface area contributed by atoms with Crippen molar-refractivity contribution in [2.24, 2.45) is 11.1 Å². The van der Waals surface area contributed by atoms with Crippen LogP contribution in [0.25, 0.3) is 10.4 Å². The number of thiazole rings is 1. The highest BCUT2D eigenvalue weighted by Crippen LogP contribution is 2.34. The van der Waals surface area contributed by atoms with Gasteiger partial charge in [0.05, 0.1) is 28.2 Å². The van der Waals surface area contributed by atoms with Crippen molar-refractivity contribution in [3.05, 3.63) is 40.5 Å². The van der Waals surface area contributed by atoms with Crippen molar-refractivity contribution in [3.8, 4) is 10.4 Å². The molecular formula is C26H38N4O2S. The van der Waals surface area contributed by atoms with Gasteiger partial charge in [-0.05, 0) is 60.8 Å². The summed E-state index contributed by atoms with van der Waals surface area (Å²) in [5, 5.41) is 3.18. The second-order valence-corrected chi connectivity index (χ2v) is 11.4. The molecule has 1 saturated heterocycles. The molecule has 6 nitrogen and oxygen atoms in total. The lowest BCUT2D eigenvalue weighted by atomic mass is 9.86. The normalized spacial score (nSPS) is 18.5. The number of nitrogens with two attached hydrogens (primary N) is 1. The molecule has 1 aromatic heterocycles. The van der Waals surface area contributed by atoms with E-state index in [1.54, 1.807) is 16.2 Å². The second-order valence-electron chi connectivity index (χ2n) is 10.5. The summed E-state index contributed by atoms with van der Waals surface area (Å²) >= 11 is 1.64. The van der Waals surface area contributed by atoms with Gasteiger partial charge >= 0.3 is 0 Å². The number of rotatable bonds is 6. The van der Waals surface area contributed by atoms with Gasteiger partial charge in [-0.3, -0.25) is 9.59 Å². The molecule has 1 fully saturated rings. The molecule has 1 aliphatic rings. The Hall–Kier alpha value is -2.25. The first kappa shape index (κ1) is 25.4. The zero-order valence-electron chi connectivity index (χ0n) is 20.9. The molecule has 2 heterocycles. The fourth-order valence-corrected chi connectivity index (χ4v) is 5.23. The van der Waals surface area contributed by atoms with Crippen LogP contribution in [0.15, 0.2) is 23.7 Å². The lowest BCUT2D eigenvalue weighted by Crippen LogP contribution is -2.55. The van der Waals surface area contributed by atoms with E-state index in [2.05, 4.69) is 42.3 Å². The lowest BCUT2D eigenvalue weighted by molar-refractivity contribution is -0.141. The van der Waals surface area contributed by atoms with Crippen LogP contribution in [-0.4, -0.2) is 40.3 Å². The minimum Gasteiger partial charge on any atom is -0.348 e. The van der Waals surface area contributed by atoms with E-state index >= 15 is 0 Å². The lowest BCUT2D eigenvalue weighted by Gasteiger charge is -2.33. The summed E-state index contributed by atoms with van der Waals surface area (Å²) in [7, 11) is 0. The van der Waals surface area contributed by atoms with Crippen LogP contribution in [0.2, 0.25) is 0 Å². The summed E-state index contributed by atoms with van der Waals surface area (Å²) in [6, 6.07) is 5.19. The molecule has 2 aromatic rings. The van der Waals surface area contributed by atoms with Gasteiger partial charge in [-0.2, -0.15) is 0 Å². The van der Waals surface area contributed by atoms with Gasteiger partial charge in [-0.15, -0.1) is 11.3 Å². The molecule has 0 spiro atoms. The maximum Gasteiger partial charge on any atom is 0.243 e. The van der Waals surface area contributed by atoms with E-state index in [0.717, 1.165) is 23.2 Å². The molecule has 0 saturated carbocycles. The Kier molecular flexibility index (Phi) is 7.64. The van der Waals surface area contributed by atoms with Crippen LogP contribution >= 0.6 is 11.3 Å². The van der Waals surface area contributed by atoms with Crippen molar-refractivity contribution in [3.63, 3.8) is 0 Å². The van der Waals surface area contributed by atoms with Crippen molar-refractivity contribution in [1.82, 2.24) is 15.2 Å².